The van der Waals surface area contributed by atoms with E-state index in [0.29, 0.717) is 5.75 Å². The van der Waals surface area contributed by atoms with E-state index < -0.39 is 12.2 Å². The van der Waals surface area contributed by atoms with Crippen molar-refractivity contribution in [3.8, 4) is 0 Å². The zero-order valence-corrected chi connectivity index (χ0v) is 9.87. The first kappa shape index (κ1) is 12.7. The minimum atomic E-state index is -2.76. The van der Waals surface area contributed by atoms with Crippen molar-refractivity contribution in [1.82, 2.24) is 14.9 Å². The van der Waals surface area contributed by atoms with Crippen LogP contribution in [0, 0.1) is 5.82 Å². The highest BCUT2D eigenvalue weighted by molar-refractivity contribution is 7.98. The second-order valence-electron chi connectivity index (χ2n) is 3.43. The Bertz CT molecular complexity index is 526. The lowest BCUT2D eigenvalue weighted by molar-refractivity contribution is 0.136. The summed E-state index contributed by atoms with van der Waals surface area (Å²) in [4.78, 5) is 0. The second kappa shape index (κ2) is 5.30. The van der Waals surface area contributed by atoms with Crippen LogP contribution in [-0.4, -0.2) is 14.9 Å². The highest BCUT2D eigenvalue weighted by Gasteiger charge is 2.18. The average Bonchev–Trinajstić information content (AvgIpc) is 2.70. The second-order valence-corrected chi connectivity index (χ2v) is 4.37. The molecule has 1 heterocycles. The van der Waals surface area contributed by atoms with E-state index in [0.717, 1.165) is 22.0 Å². The molecule has 2 rings (SSSR count). The van der Waals surface area contributed by atoms with Crippen molar-refractivity contribution in [2.75, 3.05) is 5.84 Å². The molecule has 0 fully saturated rings. The lowest BCUT2D eigenvalue weighted by Gasteiger charge is -2.03. The molecule has 4 nitrogen and oxygen atoms in total. The highest BCUT2D eigenvalue weighted by atomic mass is 32.2. The van der Waals surface area contributed by atoms with Gasteiger partial charge < -0.3 is 5.84 Å². The summed E-state index contributed by atoms with van der Waals surface area (Å²) in [5.74, 6) is 4.97. The van der Waals surface area contributed by atoms with E-state index in [-0.39, 0.29) is 11.0 Å². The molecule has 0 aliphatic rings. The van der Waals surface area contributed by atoms with Gasteiger partial charge in [0.25, 0.3) is 6.43 Å². The fourth-order valence-electron chi connectivity index (χ4n) is 1.26. The van der Waals surface area contributed by atoms with Gasteiger partial charge in [-0.2, -0.15) is 0 Å². The van der Waals surface area contributed by atoms with Crippen LogP contribution in [0.15, 0.2) is 29.4 Å². The summed E-state index contributed by atoms with van der Waals surface area (Å²) in [7, 11) is 0. The molecule has 1 aromatic carbocycles. The van der Waals surface area contributed by atoms with Crippen molar-refractivity contribution >= 4 is 11.8 Å². The molecule has 96 valence electrons. The van der Waals surface area contributed by atoms with Crippen molar-refractivity contribution < 1.29 is 13.2 Å². The van der Waals surface area contributed by atoms with E-state index in [4.69, 9.17) is 5.84 Å². The minimum absolute atomic E-state index is 0.189. The van der Waals surface area contributed by atoms with Gasteiger partial charge in [0.2, 0.25) is 11.0 Å². The molecule has 2 aromatic rings. The summed E-state index contributed by atoms with van der Waals surface area (Å²) >= 11 is 1.15. The first-order valence-electron chi connectivity index (χ1n) is 4.93. The molecule has 2 N–H and O–H groups in total. The fourth-order valence-corrected chi connectivity index (χ4v) is 2.08. The lowest BCUT2D eigenvalue weighted by atomic mass is 10.2. The molecule has 8 heteroatoms. The smallest absolute Gasteiger partial charge is 0.299 e. The van der Waals surface area contributed by atoms with Crippen LogP contribution >= 0.6 is 11.8 Å². The van der Waals surface area contributed by atoms with Crippen LogP contribution in [0.25, 0.3) is 0 Å². The van der Waals surface area contributed by atoms with Gasteiger partial charge in [0.05, 0.1) is 0 Å². The number of hydrogen-bond acceptors (Lipinski definition) is 4. The van der Waals surface area contributed by atoms with Crippen molar-refractivity contribution in [1.29, 1.82) is 0 Å². The summed E-state index contributed by atoms with van der Waals surface area (Å²) in [6, 6.07) is 5.86. The van der Waals surface area contributed by atoms with Gasteiger partial charge in [-0.1, -0.05) is 23.9 Å². The number of nitrogen functional groups attached to an aromatic ring is 1. The van der Waals surface area contributed by atoms with Crippen molar-refractivity contribution in [2.24, 2.45) is 0 Å². The zero-order chi connectivity index (χ0) is 13.1. The van der Waals surface area contributed by atoms with Gasteiger partial charge in [0, 0.05) is 5.75 Å². The number of benzene rings is 1. The summed E-state index contributed by atoms with van der Waals surface area (Å²) in [5.41, 5.74) is 0.836. The number of alkyl halides is 2. The standard InChI is InChI=1S/C10H9F3N4S/c11-7-3-1-6(2-4-7)5-18-10-16-15-9(8(12)13)17(10)14/h1-4,8H,5,14H2. The van der Waals surface area contributed by atoms with Crippen molar-refractivity contribution in [3.63, 3.8) is 0 Å². The number of hydrogen-bond donors (Lipinski definition) is 1. The Morgan fingerprint density at radius 3 is 2.44 bits per heavy atom. The van der Waals surface area contributed by atoms with E-state index in [9.17, 15) is 13.2 Å². The number of halogens is 3. The number of nitrogens with two attached hydrogens (primary N) is 1. The van der Waals surface area contributed by atoms with E-state index in [1.165, 1.54) is 12.1 Å². The molecule has 0 spiro atoms. The summed E-state index contributed by atoms with van der Waals surface area (Å²) in [6.07, 6.45) is -2.76. The third kappa shape index (κ3) is 2.76. The number of aromatic nitrogens is 3. The van der Waals surface area contributed by atoms with Crippen LogP contribution in [-0.2, 0) is 5.75 Å². The maximum absolute atomic E-state index is 12.7. The predicted molar refractivity (Wildman–Crippen MR) is 61.1 cm³/mol. The number of rotatable bonds is 4. The molecule has 0 aliphatic heterocycles. The lowest BCUT2D eigenvalue weighted by Crippen LogP contribution is -2.14. The van der Waals surface area contributed by atoms with Crippen LogP contribution < -0.4 is 5.84 Å². The number of nitrogens with zero attached hydrogens (tertiary/aromatic N) is 3. The van der Waals surface area contributed by atoms with E-state index >= 15 is 0 Å². The third-order valence-corrected chi connectivity index (χ3v) is 3.18. The maximum atomic E-state index is 12.7. The summed E-state index contributed by atoms with van der Waals surface area (Å²) < 4.78 is 38.2. The topological polar surface area (TPSA) is 56.7 Å². The molecule has 0 amide bonds. The molecule has 0 unspecified atom stereocenters. The molecule has 0 saturated carbocycles. The Morgan fingerprint density at radius 1 is 1.22 bits per heavy atom. The van der Waals surface area contributed by atoms with Crippen molar-refractivity contribution in [2.45, 2.75) is 17.3 Å². The normalized spacial score (nSPS) is 11.1. The quantitative estimate of drug-likeness (QED) is 0.687. The fraction of sp³-hybridized carbons (Fsp3) is 0.200. The molecule has 0 saturated heterocycles. The molecule has 18 heavy (non-hydrogen) atoms. The summed E-state index contributed by atoms with van der Waals surface area (Å²) in [6.45, 7) is 0. The zero-order valence-electron chi connectivity index (χ0n) is 9.05. The number of thioether (sulfide) groups is 1. The van der Waals surface area contributed by atoms with Gasteiger partial charge in [-0.25, -0.2) is 17.8 Å². The molecule has 0 atom stereocenters. The van der Waals surface area contributed by atoms with E-state index in [2.05, 4.69) is 10.2 Å². The largest absolute Gasteiger partial charge is 0.335 e. The first-order valence-corrected chi connectivity index (χ1v) is 5.92. The Morgan fingerprint density at radius 2 is 1.89 bits per heavy atom. The Hall–Kier alpha value is -1.70. The van der Waals surface area contributed by atoms with Crippen LogP contribution in [0.4, 0.5) is 13.2 Å². The van der Waals surface area contributed by atoms with Gasteiger partial charge in [-0.05, 0) is 17.7 Å². The third-order valence-electron chi connectivity index (χ3n) is 2.17. The molecule has 1 aromatic heterocycles. The molecule has 0 bridgehead atoms. The Balaban J connectivity index is 2.04. The van der Waals surface area contributed by atoms with Gasteiger partial charge in [0.1, 0.15) is 5.82 Å². The van der Waals surface area contributed by atoms with Crippen LogP contribution in [0.5, 0.6) is 0 Å². The van der Waals surface area contributed by atoms with Crippen LogP contribution in [0.1, 0.15) is 17.8 Å². The van der Waals surface area contributed by atoms with Gasteiger partial charge in [0.15, 0.2) is 0 Å². The summed E-state index contributed by atoms with van der Waals surface area (Å²) in [5, 5.41) is 7.05. The predicted octanol–water partition coefficient (Wildman–Crippen LogP) is 2.36. The average molecular weight is 274 g/mol. The van der Waals surface area contributed by atoms with Crippen molar-refractivity contribution in [3.05, 3.63) is 41.5 Å². The van der Waals surface area contributed by atoms with Gasteiger partial charge in [-0.3, -0.25) is 0 Å². The molecular formula is C10H9F3N4S. The van der Waals surface area contributed by atoms with E-state index in [1.54, 1.807) is 12.1 Å². The molecular weight excluding hydrogens is 265 g/mol. The highest BCUT2D eigenvalue weighted by Crippen LogP contribution is 2.23. The van der Waals surface area contributed by atoms with Gasteiger partial charge >= 0.3 is 0 Å². The Kier molecular flexibility index (Phi) is 3.75. The first-order chi connectivity index (χ1) is 8.58. The maximum Gasteiger partial charge on any atom is 0.299 e. The Labute approximate surface area is 105 Å². The van der Waals surface area contributed by atoms with Crippen LogP contribution in [0.3, 0.4) is 0 Å². The monoisotopic (exact) mass is 274 g/mol. The minimum Gasteiger partial charge on any atom is -0.335 e. The van der Waals surface area contributed by atoms with Gasteiger partial charge in [-0.15, -0.1) is 10.2 Å². The molecule has 0 radical (unpaired) electrons. The molecule has 0 aliphatic carbocycles. The van der Waals surface area contributed by atoms with E-state index in [1.807, 2.05) is 0 Å². The SMILES string of the molecule is Nn1c(SCc2ccc(F)cc2)nnc1C(F)F. The van der Waals surface area contributed by atoms with Crippen LogP contribution in [0.2, 0.25) is 0 Å².